The number of rotatable bonds is 4. The number of halogens is 4. The van der Waals surface area contributed by atoms with Crippen LogP contribution in [0.25, 0.3) is 10.6 Å². The van der Waals surface area contributed by atoms with Crippen LogP contribution in [0.15, 0.2) is 29.6 Å². The number of thiazole rings is 1. The number of hydrogen-bond donors (Lipinski definition) is 0. The molecule has 0 unspecified atom stereocenters. The van der Waals surface area contributed by atoms with E-state index in [0.29, 0.717) is 0 Å². The molecule has 0 saturated carbocycles. The van der Waals surface area contributed by atoms with Crippen LogP contribution in [0.3, 0.4) is 0 Å². The maximum Gasteiger partial charge on any atom is 0.573 e. The average molecular weight is 322 g/mol. The fraction of sp³-hybridized carbons (Fsp3) is 0.167. The minimum Gasteiger partial charge on any atom is -0.405 e. The van der Waals surface area contributed by atoms with E-state index in [0.717, 1.165) is 11.3 Å². The van der Waals surface area contributed by atoms with Gasteiger partial charge in [-0.1, -0.05) is 12.1 Å². The third-order valence-electron chi connectivity index (χ3n) is 2.25. The first-order valence-corrected chi connectivity index (χ1v) is 6.72. The molecule has 1 heterocycles. The topological polar surface area (TPSA) is 39.2 Å². The molecule has 0 amide bonds. The lowest BCUT2D eigenvalue weighted by atomic mass is 10.2. The van der Waals surface area contributed by atoms with Gasteiger partial charge < -0.3 is 4.74 Å². The van der Waals surface area contributed by atoms with Crippen molar-refractivity contribution in [3.05, 3.63) is 35.3 Å². The van der Waals surface area contributed by atoms with E-state index in [9.17, 15) is 18.0 Å². The van der Waals surface area contributed by atoms with Gasteiger partial charge in [0.2, 0.25) is 0 Å². The van der Waals surface area contributed by atoms with Gasteiger partial charge in [0.15, 0.2) is 5.78 Å². The van der Waals surface area contributed by atoms with Crippen molar-refractivity contribution in [2.75, 3.05) is 5.88 Å². The van der Waals surface area contributed by atoms with Crippen molar-refractivity contribution in [1.82, 2.24) is 4.98 Å². The number of ether oxygens (including phenoxy) is 1. The lowest BCUT2D eigenvalue weighted by molar-refractivity contribution is -0.274. The fourth-order valence-electron chi connectivity index (χ4n) is 1.45. The van der Waals surface area contributed by atoms with Crippen LogP contribution >= 0.6 is 22.9 Å². The quantitative estimate of drug-likeness (QED) is 0.628. The largest absolute Gasteiger partial charge is 0.573 e. The smallest absolute Gasteiger partial charge is 0.405 e. The van der Waals surface area contributed by atoms with E-state index in [1.165, 1.54) is 23.6 Å². The second-order valence-corrected chi connectivity index (χ2v) is 4.76. The number of carbonyl (C=O) groups is 1. The predicted molar refractivity (Wildman–Crippen MR) is 69.3 cm³/mol. The van der Waals surface area contributed by atoms with Crippen molar-refractivity contribution in [3.8, 4) is 16.3 Å². The number of carbonyl (C=O) groups excluding carboxylic acids is 1. The Kier molecular flexibility index (Phi) is 4.29. The Balaban J connectivity index is 2.38. The van der Waals surface area contributed by atoms with Gasteiger partial charge in [-0.15, -0.1) is 36.1 Å². The third kappa shape index (κ3) is 3.49. The SMILES string of the molecule is O=C(CCl)c1csc(-c2ccccc2OC(F)(F)F)n1. The van der Waals surface area contributed by atoms with E-state index >= 15 is 0 Å². The normalized spacial score (nSPS) is 11.4. The summed E-state index contributed by atoms with van der Waals surface area (Å²) in [4.78, 5) is 15.4. The minimum atomic E-state index is -4.79. The number of ketones is 1. The molecule has 0 radical (unpaired) electrons. The number of alkyl halides is 4. The van der Waals surface area contributed by atoms with Crippen molar-refractivity contribution < 1.29 is 22.7 Å². The second-order valence-electron chi connectivity index (χ2n) is 3.64. The molecule has 0 N–H and O–H groups in total. The van der Waals surface area contributed by atoms with Gasteiger partial charge in [0, 0.05) is 5.38 Å². The standard InChI is InChI=1S/C12H7ClF3NO2S/c13-5-9(18)8-6-20-11(17-8)7-3-1-2-4-10(7)19-12(14,15)16/h1-4,6H,5H2. The summed E-state index contributed by atoms with van der Waals surface area (Å²) in [5.41, 5.74) is 0.297. The Morgan fingerprint density at radius 3 is 2.70 bits per heavy atom. The van der Waals surface area contributed by atoms with Crippen LogP contribution < -0.4 is 4.74 Å². The molecule has 1 aromatic carbocycles. The zero-order valence-electron chi connectivity index (χ0n) is 9.78. The Bertz CT molecular complexity index is 627. The number of nitrogens with zero attached hydrogens (tertiary/aromatic N) is 1. The first-order chi connectivity index (χ1) is 9.40. The van der Waals surface area contributed by atoms with E-state index in [1.807, 2.05) is 0 Å². The molecule has 0 fully saturated rings. The number of benzene rings is 1. The molecule has 0 spiro atoms. The van der Waals surface area contributed by atoms with Crippen LogP contribution in [0, 0.1) is 0 Å². The first-order valence-electron chi connectivity index (χ1n) is 5.30. The van der Waals surface area contributed by atoms with Gasteiger partial charge in [0.05, 0.1) is 11.4 Å². The summed E-state index contributed by atoms with van der Waals surface area (Å²) in [6.45, 7) is 0. The fourth-order valence-corrected chi connectivity index (χ4v) is 2.44. The van der Waals surface area contributed by atoms with E-state index < -0.39 is 6.36 Å². The van der Waals surface area contributed by atoms with Crippen molar-refractivity contribution in [3.63, 3.8) is 0 Å². The highest BCUT2D eigenvalue weighted by atomic mass is 35.5. The molecule has 0 aliphatic heterocycles. The average Bonchev–Trinajstić information content (AvgIpc) is 2.86. The first kappa shape index (κ1) is 14.8. The second kappa shape index (κ2) is 5.80. The minimum absolute atomic E-state index is 0.127. The van der Waals surface area contributed by atoms with Crippen LogP contribution in [-0.4, -0.2) is 23.0 Å². The Labute approximate surface area is 121 Å². The molecular weight excluding hydrogens is 315 g/mol. The lowest BCUT2D eigenvalue weighted by Crippen LogP contribution is -2.17. The van der Waals surface area contributed by atoms with Crippen LogP contribution in [0.1, 0.15) is 10.5 Å². The van der Waals surface area contributed by atoms with E-state index in [4.69, 9.17) is 11.6 Å². The van der Waals surface area contributed by atoms with Crippen molar-refractivity contribution in [2.24, 2.45) is 0 Å². The molecule has 0 saturated heterocycles. The van der Waals surface area contributed by atoms with Gasteiger partial charge >= 0.3 is 6.36 Å². The highest BCUT2D eigenvalue weighted by molar-refractivity contribution is 7.13. The lowest BCUT2D eigenvalue weighted by Gasteiger charge is -2.11. The summed E-state index contributed by atoms with van der Waals surface area (Å²) in [5.74, 6) is -0.980. The van der Waals surface area contributed by atoms with Crippen LogP contribution in [0.5, 0.6) is 5.75 Å². The molecular formula is C12H7ClF3NO2S. The zero-order chi connectivity index (χ0) is 14.8. The van der Waals surface area contributed by atoms with Crippen LogP contribution in [0.4, 0.5) is 13.2 Å². The molecule has 0 bridgehead atoms. The molecule has 1 aromatic heterocycles. The number of hydrogen-bond acceptors (Lipinski definition) is 4. The monoisotopic (exact) mass is 321 g/mol. The predicted octanol–water partition coefficient (Wildman–Crippen LogP) is 4.13. The molecule has 2 aromatic rings. The Hall–Kier alpha value is -1.60. The van der Waals surface area contributed by atoms with Crippen molar-refractivity contribution in [2.45, 2.75) is 6.36 Å². The summed E-state index contributed by atoms with van der Waals surface area (Å²) in [6, 6.07) is 5.61. The Morgan fingerprint density at radius 2 is 2.05 bits per heavy atom. The highest BCUT2D eigenvalue weighted by Crippen LogP contribution is 2.35. The van der Waals surface area contributed by atoms with E-state index in [-0.39, 0.29) is 33.7 Å². The van der Waals surface area contributed by atoms with Gasteiger partial charge in [0.25, 0.3) is 0 Å². The number of Topliss-reactive ketones (excluding diaryl/α,β-unsaturated/α-hetero) is 1. The van der Waals surface area contributed by atoms with Gasteiger partial charge in [-0.3, -0.25) is 4.79 Å². The molecule has 2 rings (SSSR count). The van der Waals surface area contributed by atoms with Gasteiger partial charge in [0.1, 0.15) is 16.5 Å². The summed E-state index contributed by atoms with van der Waals surface area (Å²) in [5, 5.41) is 1.71. The molecule has 0 aliphatic rings. The van der Waals surface area contributed by atoms with Gasteiger partial charge in [-0.25, -0.2) is 4.98 Å². The van der Waals surface area contributed by atoms with E-state index in [2.05, 4.69) is 9.72 Å². The van der Waals surface area contributed by atoms with Crippen molar-refractivity contribution in [1.29, 1.82) is 0 Å². The summed E-state index contributed by atoms with van der Waals surface area (Å²) in [6.07, 6.45) is -4.79. The number of para-hydroxylation sites is 1. The molecule has 106 valence electrons. The maximum atomic E-state index is 12.3. The molecule has 3 nitrogen and oxygen atoms in total. The van der Waals surface area contributed by atoms with E-state index in [1.54, 1.807) is 6.07 Å². The summed E-state index contributed by atoms with van der Waals surface area (Å²) < 4.78 is 40.9. The van der Waals surface area contributed by atoms with Crippen LogP contribution in [0.2, 0.25) is 0 Å². The third-order valence-corrected chi connectivity index (χ3v) is 3.37. The van der Waals surface area contributed by atoms with Gasteiger partial charge in [-0.05, 0) is 12.1 Å². The highest BCUT2D eigenvalue weighted by Gasteiger charge is 2.32. The zero-order valence-corrected chi connectivity index (χ0v) is 11.4. The summed E-state index contributed by atoms with van der Waals surface area (Å²) >= 11 is 6.45. The maximum absolute atomic E-state index is 12.3. The Morgan fingerprint density at radius 1 is 1.35 bits per heavy atom. The number of aromatic nitrogens is 1. The summed E-state index contributed by atoms with van der Waals surface area (Å²) in [7, 11) is 0. The molecule has 0 aliphatic carbocycles. The van der Waals surface area contributed by atoms with Gasteiger partial charge in [-0.2, -0.15) is 0 Å². The molecule has 0 atom stereocenters. The molecule has 20 heavy (non-hydrogen) atoms. The molecule has 8 heteroatoms. The van der Waals surface area contributed by atoms with Crippen molar-refractivity contribution >= 4 is 28.7 Å². The van der Waals surface area contributed by atoms with Crippen LogP contribution in [-0.2, 0) is 0 Å².